The average molecular weight is 521 g/mol. The van der Waals surface area contributed by atoms with Gasteiger partial charge in [0, 0.05) is 32.1 Å². The van der Waals surface area contributed by atoms with Gasteiger partial charge in [-0.1, -0.05) is 39.7 Å². The molecule has 3 rings (SSSR count). The summed E-state index contributed by atoms with van der Waals surface area (Å²) in [7, 11) is 1.57. The Morgan fingerprint density at radius 2 is 1.94 bits per heavy atom. The number of carbonyl (C=O) groups excluding carboxylic acids is 2. The maximum absolute atomic E-state index is 12.6. The van der Waals surface area contributed by atoms with E-state index in [0.717, 1.165) is 15.6 Å². The molecular weight excluding hydrogens is 502 g/mol. The molecule has 0 saturated heterocycles. The van der Waals surface area contributed by atoms with Crippen molar-refractivity contribution in [3.05, 3.63) is 74.5 Å². The van der Waals surface area contributed by atoms with Crippen molar-refractivity contribution in [3.8, 4) is 16.9 Å². The number of methoxy groups -OCH3 is 1. The van der Waals surface area contributed by atoms with Gasteiger partial charge in [-0.2, -0.15) is 0 Å². The van der Waals surface area contributed by atoms with E-state index in [0.29, 0.717) is 26.9 Å². The molecule has 0 aliphatic carbocycles. The average Bonchev–Trinajstić information content (AvgIpc) is 3.16. The highest BCUT2D eigenvalue weighted by Gasteiger charge is 2.22. The Hall–Kier alpha value is -2.61. The minimum atomic E-state index is -0.498. The van der Waals surface area contributed by atoms with Crippen LogP contribution in [0.3, 0.4) is 0 Å². The highest BCUT2D eigenvalue weighted by atomic mass is 79.9. The number of amides is 1. The third-order valence-corrected chi connectivity index (χ3v) is 5.91. The summed E-state index contributed by atoms with van der Waals surface area (Å²) in [5.74, 6) is -0.237. The van der Waals surface area contributed by atoms with E-state index in [-0.39, 0.29) is 12.5 Å². The molecule has 2 aromatic carbocycles. The number of ether oxygens (including phenoxy) is 2. The lowest BCUT2D eigenvalue weighted by Gasteiger charge is -2.08. The van der Waals surface area contributed by atoms with Crippen LogP contribution in [0.25, 0.3) is 17.2 Å². The van der Waals surface area contributed by atoms with Gasteiger partial charge in [-0.25, -0.2) is 4.79 Å². The fourth-order valence-corrected chi connectivity index (χ4v) is 4.32. The third-order valence-electron chi connectivity index (χ3n) is 4.27. The molecule has 31 heavy (non-hydrogen) atoms. The summed E-state index contributed by atoms with van der Waals surface area (Å²) in [4.78, 5) is 25.2. The summed E-state index contributed by atoms with van der Waals surface area (Å²) >= 11 is 10.6. The number of benzene rings is 2. The number of hydrogen-bond donors (Lipinski definition) is 1. The molecule has 0 atom stereocenters. The number of rotatable bonds is 7. The number of thiophene rings is 1. The van der Waals surface area contributed by atoms with Gasteiger partial charge in [-0.15, -0.1) is 11.3 Å². The topological polar surface area (TPSA) is 64.6 Å². The predicted molar refractivity (Wildman–Crippen MR) is 129 cm³/mol. The summed E-state index contributed by atoms with van der Waals surface area (Å²) < 4.78 is 11.4. The highest BCUT2D eigenvalue weighted by molar-refractivity contribution is 9.10. The quantitative estimate of drug-likeness (QED) is 0.279. The van der Waals surface area contributed by atoms with Gasteiger partial charge in [0.1, 0.15) is 16.3 Å². The van der Waals surface area contributed by atoms with Crippen LogP contribution in [0, 0.1) is 0 Å². The van der Waals surface area contributed by atoms with E-state index in [9.17, 15) is 9.59 Å². The molecule has 0 radical (unpaired) electrons. The second-order valence-electron chi connectivity index (χ2n) is 6.29. The zero-order valence-electron chi connectivity index (χ0n) is 16.8. The van der Waals surface area contributed by atoms with Crippen molar-refractivity contribution in [2.24, 2.45) is 0 Å². The summed E-state index contributed by atoms with van der Waals surface area (Å²) in [5, 5.41) is 5.61. The molecule has 1 aromatic heterocycles. The number of halogens is 2. The first kappa shape index (κ1) is 23.1. The van der Waals surface area contributed by atoms with Crippen LogP contribution in [0.15, 0.2) is 58.4 Å². The number of esters is 1. The SMILES string of the molecule is CCOC(=O)c1c(-c2ccc(Cl)cc2)csc1NC(=O)/C=C/c1cc(Br)ccc1OC. The van der Waals surface area contributed by atoms with Crippen LogP contribution in [0.2, 0.25) is 5.02 Å². The summed E-state index contributed by atoms with van der Waals surface area (Å²) in [6, 6.07) is 12.6. The lowest BCUT2D eigenvalue weighted by Crippen LogP contribution is -2.12. The standard InChI is InChI=1S/C23H19BrClNO4S/c1-3-30-23(28)21-18(14-4-8-17(25)9-5-14)13-31-22(21)26-20(27)11-6-15-12-16(24)7-10-19(15)29-2/h4-13H,3H2,1-2H3,(H,26,27)/b11-6+. The Kier molecular flexibility index (Phi) is 7.90. The fourth-order valence-electron chi connectivity index (χ4n) is 2.85. The second-order valence-corrected chi connectivity index (χ2v) is 8.52. The number of nitrogens with one attached hydrogen (secondary N) is 1. The summed E-state index contributed by atoms with van der Waals surface area (Å²) in [5.41, 5.74) is 2.54. The van der Waals surface area contributed by atoms with Crippen molar-refractivity contribution < 1.29 is 19.1 Å². The molecule has 0 aliphatic heterocycles. The van der Waals surface area contributed by atoms with Crippen molar-refractivity contribution in [2.45, 2.75) is 6.92 Å². The molecule has 0 aliphatic rings. The number of hydrogen-bond acceptors (Lipinski definition) is 5. The van der Waals surface area contributed by atoms with E-state index in [2.05, 4.69) is 21.2 Å². The fraction of sp³-hybridized carbons (Fsp3) is 0.130. The van der Waals surface area contributed by atoms with Gasteiger partial charge >= 0.3 is 5.97 Å². The molecule has 3 aromatic rings. The molecule has 1 heterocycles. The van der Waals surface area contributed by atoms with Gasteiger partial charge in [0.15, 0.2) is 0 Å². The van der Waals surface area contributed by atoms with E-state index in [1.54, 1.807) is 38.3 Å². The Balaban J connectivity index is 1.88. The molecule has 0 unspecified atom stereocenters. The van der Waals surface area contributed by atoms with Gasteiger partial charge in [0.2, 0.25) is 5.91 Å². The molecule has 8 heteroatoms. The molecule has 0 bridgehead atoms. The predicted octanol–water partition coefficient (Wildman–Crippen LogP) is 6.67. The van der Waals surface area contributed by atoms with Gasteiger partial charge in [-0.05, 0) is 48.9 Å². The molecule has 160 valence electrons. The molecule has 5 nitrogen and oxygen atoms in total. The minimum Gasteiger partial charge on any atom is -0.496 e. The normalized spacial score (nSPS) is 10.8. The summed E-state index contributed by atoms with van der Waals surface area (Å²) in [6.45, 7) is 1.96. The highest BCUT2D eigenvalue weighted by Crippen LogP contribution is 2.36. The van der Waals surface area contributed by atoms with E-state index in [1.807, 2.05) is 29.6 Å². The smallest absolute Gasteiger partial charge is 0.341 e. The minimum absolute atomic E-state index is 0.227. The van der Waals surface area contributed by atoms with Crippen molar-refractivity contribution in [3.63, 3.8) is 0 Å². The molecule has 0 fully saturated rings. The second kappa shape index (κ2) is 10.6. The van der Waals surface area contributed by atoms with E-state index in [4.69, 9.17) is 21.1 Å². The van der Waals surface area contributed by atoms with Crippen LogP contribution in [0.5, 0.6) is 5.75 Å². The maximum atomic E-state index is 12.6. The van der Waals surface area contributed by atoms with E-state index in [1.165, 1.54) is 17.4 Å². The van der Waals surface area contributed by atoms with Crippen LogP contribution < -0.4 is 10.1 Å². The van der Waals surface area contributed by atoms with Crippen LogP contribution >= 0.6 is 38.9 Å². The third kappa shape index (κ3) is 5.76. The monoisotopic (exact) mass is 519 g/mol. The van der Waals surface area contributed by atoms with Crippen molar-refractivity contribution >= 4 is 61.8 Å². The van der Waals surface area contributed by atoms with Gasteiger partial charge < -0.3 is 14.8 Å². The van der Waals surface area contributed by atoms with E-state index >= 15 is 0 Å². The first-order chi connectivity index (χ1) is 14.9. The lowest BCUT2D eigenvalue weighted by atomic mass is 10.0. The first-order valence-corrected chi connectivity index (χ1v) is 11.3. The zero-order valence-corrected chi connectivity index (χ0v) is 19.9. The van der Waals surface area contributed by atoms with Crippen LogP contribution in [0.4, 0.5) is 5.00 Å². The van der Waals surface area contributed by atoms with Gasteiger partial charge in [-0.3, -0.25) is 4.79 Å². The number of anilines is 1. The lowest BCUT2D eigenvalue weighted by molar-refractivity contribution is -0.111. The molecular formula is C23H19BrClNO4S. The number of carbonyl (C=O) groups is 2. The van der Waals surface area contributed by atoms with Crippen LogP contribution in [0.1, 0.15) is 22.8 Å². The van der Waals surface area contributed by atoms with Crippen LogP contribution in [-0.4, -0.2) is 25.6 Å². The Labute approximate surface area is 197 Å². The molecule has 0 saturated carbocycles. The van der Waals surface area contributed by atoms with E-state index < -0.39 is 5.97 Å². The van der Waals surface area contributed by atoms with Gasteiger partial charge in [0.05, 0.1) is 13.7 Å². The molecule has 1 amide bonds. The van der Waals surface area contributed by atoms with Crippen molar-refractivity contribution in [1.82, 2.24) is 0 Å². The zero-order chi connectivity index (χ0) is 22.4. The van der Waals surface area contributed by atoms with Gasteiger partial charge in [0.25, 0.3) is 0 Å². The Morgan fingerprint density at radius 3 is 2.61 bits per heavy atom. The molecule has 0 spiro atoms. The molecule has 1 N–H and O–H groups in total. The Morgan fingerprint density at radius 1 is 1.19 bits per heavy atom. The van der Waals surface area contributed by atoms with Crippen molar-refractivity contribution in [2.75, 3.05) is 19.0 Å². The van der Waals surface area contributed by atoms with Crippen LogP contribution in [-0.2, 0) is 9.53 Å². The maximum Gasteiger partial charge on any atom is 0.341 e. The Bertz CT molecular complexity index is 1130. The van der Waals surface area contributed by atoms with Crippen molar-refractivity contribution in [1.29, 1.82) is 0 Å². The first-order valence-electron chi connectivity index (χ1n) is 9.30. The summed E-state index contributed by atoms with van der Waals surface area (Å²) in [6.07, 6.45) is 3.04. The largest absolute Gasteiger partial charge is 0.496 e.